The van der Waals surface area contributed by atoms with Crippen molar-refractivity contribution in [3.63, 3.8) is 0 Å². The van der Waals surface area contributed by atoms with Crippen LogP contribution in [0, 0.1) is 16.2 Å². The number of aldehydes is 1. The molecule has 4 aliphatic rings. The lowest BCUT2D eigenvalue weighted by molar-refractivity contribution is -0.164. The van der Waals surface area contributed by atoms with E-state index < -0.39 is 23.4 Å². The molecule has 46 heavy (non-hydrogen) atoms. The van der Waals surface area contributed by atoms with E-state index in [1.807, 2.05) is 0 Å². The van der Waals surface area contributed by atoms with Crippen LogP contribution in [0.15, 0.2) is 41.0 Å². The number of rotatable bonds is 13. The number of methoxy groups -OCH3 is 1. The molecule has 2 aromatic rings. The minimum Gasteiger partial charge on any atom is -0.380 e. The first-order valence-electron chi connectivity index (χ1n) is 15.8. The van der Waals surface area contributed by atoms with Gasteiger partial charge in [0.1, 0.15) is 30.3 Å². The van der Waals surface area contributed by atoms with Crippen LogP contribution in [0.4, 0.5) is 5.69 Å². The lowest BCUT2D eigenvalue weighted by atomic mass is 9.38. The predicted octanol–water partition coefficient (Wildman–Crippen LogP) is 2.52. The third-order valence-electron chi connectivity index (χ3n) is 9.75. The number of nitrogens with zero attached hydrogens (tertiary/aromatic N) is 4. The fourth-order valence-corrected chi connectivity index (χ4v) is 9.63. The topological polar surface area (TPSA) is 166 Å². The average Bonchev–Trinajstić information content (AvgIpc) is 3.37. The Morgan fingerprint density at radius 1 is 1.07 bits per heavy atom. The number of carbonyl (C=O) groups is 4. The molecule has 0 spiro atoms. The summed E-state index contributed by atoms with van der Waals surface area (Å²) >= 11 is 0. The molecule has 0 radical (unpaired) electrons. The molecule has 13 nitrogen and oxygen atoms in total. The largest absolute Gasteiger partial charge is 0.380 e. The molecule has 0 saturated heterocycles. The van der Waals surface area contributed by atoms with Crippen molar-refractivity contribution >= 4 is 29.7 Å². The van der Waals surface area contributed by atoms with Crippen molar-refractivity contribution in [3.8, 4) is 0 Å². The molecule has 4 aliphatic carbocycles. The molecule has 0 unspecified atom stereocenters. The van der Waals surface area contributed by atoms with Gasteiger partial charge in [0.15, 0.2) is 0 Å². The van der Waals surface area contributed by atoms with Crippen LogP contribution in [0.1, 0.15) is 82.6 Å². The van der Waals surface area contributed by atoms with E-state index in [2.05, 4.69) is 47.0 Å². The number of allylic oxidation sites excluding steroid dienone is 1. The van der Waals surface area contributed by atoms with Gasteiger partial charge < -0.3 is 25.3 Å². The van der Waals surface area contributed by atoms with Gasteiger partial charge in [-0.1, -0.05) is 32.1 Å². The summed E-state index contributed by atoms with van der Waals surface area (Å²) in [6.07, 6.45) is 11.9. The molecule has 2 aromatic heterocycles. The summed E-state index contributed by atoms with van der Waals surface area (Å²) in [7, 11) is 3.02. The zero-order chi connectivity index (χ0) is 33.3. The summed E-state index contributed by atoms with van der Waals surface area (Å²) in [6, 6.07) is 1.99. The Kier molecular flexibility index (Phi) is 9.09. The third-order valence-corrected chi connectivity index (χ3v) is 9.75. The molecule has 4 saturated carbocycles. The van der Waals surface area contributed by atoms with E-state index in [1.165, 1.54) is 54.1 Å². The Balaban J connectivity index is 1.28. The number of aromatic nitrogens is 4. The van der Waals surface area contributed by atoms with Gasteiger partial charge in [0, 0.05) is 31.5 Å². The van der Waals surface area contributed by atoms with Crippen molar-refractivity contribution in [2.75, 3.05) is 19.0 Å². The maximum absolute atomic E-state index is 13.5. The number of anilines is 1. The molecule has 6 rings (SSSR count). The predicted molar refractivity (Wildman–Crippen MR) is 170 cm³/mol. The summed E-state index contributed by atoms with van der Waals surface area (Å²) < 4.78 is 7.57. The number of aryl methyl sites for hydroxylation is 1. The molecule has 4 bridgehead atoms. The Labute approximate surface area is 268 Å². The van der Waals surface area contributed by atoms with Crippen molar-refractivity contribution in [1.82, 2.24) is 30.2 Å². The number of amides is 3. The Morgan fingerprint density at radius 2 is 1.72 bits per heavy atom. The maximum Gasteiger partial charge on any atom is 0.274 e. The van der Waals surface area contributed by atoms with E-state index in [0.29, 0.717) is 11.9 Å². The van der Waals surface area contributed by atoms with Gasteiger partial charge in [-0.05, 0) is 79.7 Å². The summed E-state index contributed by atoms with van der Waals surface area (Å²) in [5.41, 5.74) is 0.291. The second-order valence-corrected chi connectivity index (χ2v) is 14.8. The molecule has 3 amide bonds. The lowest BCUT2D eigenvalue weighted by Gasteiger charge is -2.69. The van der Waals surface area contributed by atoms with E-state index in [-0.39, 0.29) is 65.1 Å². The minimum atomic E-state index is -1.06. The summed E-state index contributed by atoms with van der Waals surface area (Å²) in [6.45, 7) is 6.97. The Morgan fingerprint density at radius 3 is 2.28 bits per heavy atom. The van der Waals surface area contributed by atoms with Crippen LogP contribution in [0.3, 0.4) is 0 Å². The first kappa shape index (κ1) is 33.2. The summed E-state index contributed by atoms with van der Waals surface area (Å²) in [4.78, 5) is 64.6. The van der Waals surface area contributed by atoms with Gasteiger partial charge in [-0.2, -0.15) is 0 Å². The van der Waals surface area contributed by atoms with Crippen LogP contribution in [0.2, 0.25) is 0 Å². The van der Waals surface area contributed by atoms with Gasteiger partial charge in [0.05, 0.1) is 12.8 Å². The van der Waals surface area contributed by atoms with Gasteiger partial charge in [-0.3, -0.25) is 24.0 Å². The number of hydrogen-bond acceptors (Lipinski definition) is 8. The fourth-order valence-electron chi connectivity index (χ4n) is 9.63. The van der Waals surface area contributed by atoms with Gasteiger partial charge in [0.2, 0.25) is 11.8 Å². The van der Waals surface area contributed by atoms with E-state index in [0.717, 1.165) is 19.3 Å². The monoisotopic (exact) mass is 635 g/mol. The first-order chi connectivity index (χ1) is 21.7. The normalized spacial score (nSPS) is 28.8. The van der Waals surface area contributed by atoms with Crippen LogP contribution in [-0.2, 0) is 32.7 Å². The standard InChI is InChI=1S/C33H45N7O6/c1-30-16-31(2)18-32(3,17-30)21-33(19-30,20-31)37-26(42)13-40-11-7-10-24(29(40)45)36-27(43)23(9-6-8-22(14-41)15-46-5)35-28(44)25-12-34-38-39(25)4/h7-8,10-12,14,23H,6,9,13,15-21H2,1-5H3,(H,35,44)(H,36,43)(H,37,42)/b22-8+/t23-,30?,31?,32?,33?/m0/s1. The fraction of sp³-hybridized carbons (Fsp3) is 0.606. The lowest BCUT2D eigenvalue weighted by Crippen LogP contribution is -2.68. The van der Waals surface area contributed by atoms with Crippen LogP contribution < -0.4 is 21.5 Å². The molecule has 0 aliphatic heterocycles. The van der Waals surface area contributed by atoms with Crippen molar-refractivity contribution in [2.45, 2.75) is 90.3 Å². The van der Waals surface area contributed by atoms with E-state index in [9.17, 15) is 24.0 Å². The van der Waals surface area contributed by atoms with E-state index in [1.54, 1.807) is 19.2 Å². The number of hydrogen-bond donors (Lipinski definition) is 3. The number of carbonyl (C=O) groups excluding carboxylic acids is 4. The first-order valence-corrected chi connectivity index (χ1v) is 15.8. The van der Waals surface area contributed by atoms with E-state index >= 15 is 0 Å². The average molecular weight is 636 g/mol. The second kappa shape index (κ2) is 12.6. The van der Waals surface area contributed by atoms with Gasteiger partial charge in [0.25, 0.3) is 11.5 Å². The third kappa shape index (κ3) is 7.14. The molecule has 13 heteroatoms. The number of nitrogens with one attached hydrogen (secondary N) is 3. The van der Waals surface area contributed by atoms with E-state index in [4.69, 9.17) is 4.74 Å². The van der Waals surface area contributed by atoms with Gasteiger partial charge >= 0.3 is 0 Å². The highest BCUT2D eigenvalue weighted by Gasteiger charge is 2.64. The molecule has 4 fully saturated rings. The highest BCUT2D eigenvalue weighted by molar-refractivity contribution is 6.00. The van der Waals surface area contributed by atoms with Gasteiger partial charge in [-0.25, -0.2) is 4.68 Å². The van der Waals surface area contributed by atoms with Crippen LogP contribution in [-0.4, -0.2) is 68.9 Å². The zero-order valence-corrected chi connectivity index (χ0v) is 27.4. The summed E-state index contributed by atoms with van der Waals surface area (Å²) in [5, 5.41) is 16.1. The SMILES string of the molecule is COC/C(C=O)=C/CC[C@H](NC(=O)c1cnnn1C)C(=O)Nc1cccn(CC(=O)NC23CC4(C)CC(C)(CC(C)(C4)C2)C3)c1=O. The number of ether oxygens (including phenoxy) is 1. The zero-order valence-electron chi connectivity index (χ0n) is 27.4. The minimum absolute atomic E-state index is 0.0207. The smallest absolute Gasteiger partial charge is 0.274 e. The molecule has 0 aromatic carbocycles. The molecule has 248 valence electrons. The van der Waals surface area contributed by atoms with Crippen molar-refractivity contribution < 1.29 is 23.9 Å². The Bertz CT molecular complexity index is 1560. The second-order valence-electron chi connectivity index (χ2n) is 14.8. The van der Waals surface area contributed by atoms with Crippen LogP contribution in [0.5, 0.6) is 0 Å². The maximum atomic E-state index is 13.5. The van der Waals surface area contributed by atoms with Crippen molar-refractivity contribution in [2.24, 2.45) is 23.3 Å². The quantitative estimate of drug-likeness (QED) is 0.223. The molecular weight excluding hydrogens is 590 g/mol. The van der Waals surface area contributed by atoms with Crippen molar-refractivity contribution in [3.05, 3.63) is 52.2 Å². The highest BCUT2D eigenvalue weighted by atomic mass is 16.5. The van der Waals surface area contributed by atoms with Crippen LogP contribution >= 0.6 is 0 Å². The number of pyridine rings is 1. The van der Waals surface area contributed by atoms with Gasteiger partial charge in [-0.15, -0.1) is 5.10 Å². The highest BCUT2D eigenvalue weighted by Crippen LogP contribution is 2.70. The molecular formula is C33H45N7O6. The Hall–Kier alpha value is -4.13. The molecule has 2 heterocycles. The van der Waals surface area contributed by atoms with Crippen LogP contribution in [0.25, 0.3) is 0 Å². The summed E-state index contributed by atoms with van der Waals surface area (Å²) in [5.74, 6) is -1.43. The molecule has 1 atom stereocenters. The van der Waals surface area contributed by atoms with Crippen molar-refractivity contribution in [1.29, 1.82) is 0 Å². The molecule has 3 N–H and O–H groups in total.